The van der Waals surface area contributed by atoms with Crippen LogP contribution in [0.3, 0.4) is 0 Å². The number of pyridine rings is 1. The molecule has 1 atom stereocenters. The highest BCUT2D eigenvalue weighted by molar-refractivity contribution is 6.12. The Morgan fingerprint density at radius 2 is 1.62 bits per heavy atom. The minimum atomic E-state index is -0.275. The first-order chi connectivity index (χ1) is 20.5. The second-order valence-corrected chi connectivity index (χ2v) is 10.2. The number of methoxy groups -OCH3 is 2. The molecule has 0 aliphatic carbocycles. The van der Waals surface area contributed by atoms with Gasteiger partial charge in [0.25, 0.3) is 5.91 Å². The Hall–Kier alpha value is -4.88. The molecule has 0 bridgehead atoms. The molecule has 4 aromatic carbocycles. The van der Waals surface area contributed by atoms with E-state index in [1.165, 1.54) is 5.56 Å². The first-order valence-electron chi connectivity index (χ1n) is 14.0. The van der Waals surface area contributed by atoms with Gasteiger partial charge in [0.05, 0.1) is 25.3 Å². The third-order valence-electron chi connectivity index (χ3n) is 7.41. The average molecular weight is 562 g/mol. The molecule has 0 aliphatic heterocycles. The van der Waals surface area contributed by atoms with Crippen molar-refractivity contribution in [3.63, 3.8) is 0 Å². The Balaban J connectivity index is 1.19. The minimum Gasteiger partial charge on any atom is -0.493 e. The van der Waals surface area contributed by atoms with Crippen molar-refractivity contribution >= 4 is 22.5 Å². The molecular formula is C35H35N3O4. The van der Waals surface area contributed by atoms with Crippen molar-refractivity contribution in [2.24, 2.45) is 0 Å². The Kier molecular flexibility index (Phi) is 8.99. The third-order valence-corrected chi connectivity index (χ3v) is 7.41. The zero-order valence-corrected chi connectivity index (χ0v) is 24.1. The molecule has 1 heterocycles. The molecule has 1 amide bonds. The lowest BCUT2D eigenvalue weighted by molar-refractivity contribution is 0.102. The molecule has 0 radical (unpaired) electrons. The van der Waals surface area contributed by atoms with Gasteiger partial charge in [-0.2, -0.15) is 0 Å². The largest absolute Gasteiger partial charge is 0.493 e. The summed E-state index contributed by atoms with van der Waals surface area (Å²) in [4.78, 5) is 29.4. The van der Waals surface area contributed by atoms with Crippen molar-refractivity contribution < 1.29 is 14.3 Å². The summed E-state index contributed by atoms with van der Waals surface area (Å²) in [5.74, 6) is 1.17. The number of hydrogen-bond donors (Lipinski definition) is 3. The van der Waals surface area contributed by atoms with Gasteiger partial charge in [0.15, 0.2) is 16.9 Å². The van der Waals surface area contributed by atoms with Gasteiger partial charge in [0, 0.05) is 28.9 Å². The molecule has 42 heavy (non-hydrogen) atoms. The molecule has 7 nitrogen and oxygen atoms in total. The SMILES string of the molecule is COc1ccc(C(C)NCCCc2ccc(NC(=O)c3cccc4c(=O)cc(-c5ccccc5)[nH]c34)cc2)cc1OC. The van der Waals surface area contributed by atoms with Crippen molar-refractivity contribution in [3.05, 3.63) is 124 Å². The van der Waals surface area contributed by atoms with E-state index in [1.54, 1.807) is 38.5 Å². The van der Waals surface area contributed by atoms with Crippen LogP contribution in [0.15, 0.2) is 102 Å². The van der Waals surface area contributed by atoms with E-state index in [1.807, 2.05) is 72.8 Å². The molecule has 0 saturated carbocycles. The fraction of sp³-hybridized carbons (Fsp3) is 0.200. The maximum absolute atomic E-state index is 13.3. The van der Waals surface area contributed by atoms with Gasteiger partial charge in [-0.05, 0) is 79.4 Å². The van der Waals surface area contributed by atoms with Crippen LogP contribution in [-0.4, -0.2) is 31.7 Å². The molecule has 0 fully saturated rings. The van der Waals surface area contributed by atoms with E-state index in [9.17, 15) is 9.59 Å². The average Bonchev–Trinajstić information content (AvgIpc) is 3.03. The number of benzene rings is 4. The number of ether oxygens (including phenoxy) is 2. The van der Waals surface area contributed by atoms with E-state index >= 15 is 0 Å². The second-order valence-electron chi connectivity index (χ2n) is 10.2. The lowest BCUT2D eigenvalue weighted by Crippen LogP contribution is -2.20. The number of nitrogens with one attached hydrogen (secondary N) is 3. The molecule has 214 valence electrons. The summed E-state index contributed by atoms with van der Waals surface area (Å²) in [5.41, 5.74) is 5.39. The number of aromatic nitrogens is 1. The predicted molar refractivity (Wildman–Crippen MR) is 169 cm³/mol. The number of aromatic amines is 1. The van der Waals surface area contributed by atoms with Crippen molar-refractivity contribution in [2.75, 3.05) is 26.1 Å². The Morgan fingerprint density at radius 1 is 0.857 bits per heavy atom. The van der Waals surface area contributed by atoms with Gasteiger partial charge in [0.2, 0.25) is 0 Å². The van der Waals surface area contributed by atoms with Crippen molar-refractivity contribution in [2.45, 2.75) is 25.8 Å². The number of para-hydroxylation sites is 1. The Morgan fingerprint density at radius 3 is 2.36 bits per heavy atom. The summed E-state index contributed by atoms with van der Waals surface area (Å²) in [5, 5.41) is 7.03. The van der Waals surface area contributed by atoms with E-state index in [0.29, 0.717) is 27.8 Å². The van der Waals surface area contributed by atoms with Crippen LogP contribution in [0.25, 0.3) is 22.2 Å². The summed E-state index contributed by atoms with van der Waals surface area (Å²) in [7, 11) is 3.28. The first kappa shape index (κ1) is 28.6. The van der Waals surface area contributed by atoms with Gasteiger partial charge in [0.1, 0.15) is 0 Å². The van der Waals surface area contributed by atoms with E-state index in [2.05, 4.69) is 22.5 Å². The number of aryl methyl sites for hydroxylation is 1. The van der Waals surface area contributed by atoms with Crippen molar-refractivity contribution in [1.82, 2.24) is 10.3 Å². The number of carbonyl (C=O) groups excluding carboxylic acids is 1. The summed E-state index contributed by atoms with van der Waals surface area (Å²) >= 11 is 0. The van der Waals surface area contributed by atoms with E-state index < -0.39 is 0 Å². The lowest BCUT2D eigenvalue weighted by atomic mass is 10.1. The van der Waals surface area contributed by atoms with Crippen LogP contribution >= 0.6 is 0 Å². The summed E-state index contributed by atoms with van der Waals surface area (Å²) in [6, 6.07) is 30.4. The molecular weight excluding hydrogens is 526 g/mol. The monoisotopic (exact) mass is 561 g/mol. The first-order valence-corrected chi connectivity index (χ1v) is 14.0. The van der Waals surface area contributed by atoms with Gasteiger partial charge in [-0.3, -0.25) is 9.59 Å². The van der Waals surface area contributed by atoms with Crippen LogP contribution in [-0.2, 0) is 6.42 Å². The van der Waals surface area contributed by atoms with Gasteiger partial charge in [-0.15, -0.1) is 0 Å². The van der Waals surface area contributed by atoms with Gasteiger partial charge in [-0.25, -0.2) is 0 Å². The van der Waals surface area contributed by atoms with E-state index in [4.69, 9.17) is 9.47 Å². The minimum absolute atomic E-state index is 0.130. The van der Waals surface area contributed by atoms with Crippen LogP contribution in [0.1, 0.15) is 40.9 Å². The lowest BCUT2D eigenvalue weighted by Gasteiger charge is -2.16. The number of rotatable bonds is 11. The zero-order valence-electron chi connectivity index (χ0n) is 24.1. The highest BCUT2D eigenvalue weighted by Crippen LogP contribution is 2.30. The number of H-pyrrole nitrogens is 1. The van der Waals surface area contributed by atoms with Crippen LogP contribution in [0, 0.1) is 0 Å². The molecule has 0 saturated heterocycles. The van der Waals surface area contributed by atoms with Crippen LogP contribution in [0.4, 0.5) is 5.69 Å². The molecule has 3 N–H and O–H groups in total. The maximum atomic E-state index is 13.3. The Labute approximate surface area is 245 Å². The topological polar surface area (TPSA) is 92.5 Å². The van der Waals surface area contributed by atoms with Crippen LogP contribution in [0.2, 0.25) is 0 Å². The molecule has 1 aromatic heterocycles. The van der Waals surface area contributed by atoms with Gasteiger partial charge >= 0.3 is 0 Å². The number of fused-ring (bicyclic) bond motifs is 1. The van der Waals surface area contributed by atoms with Gasteiger partial charge in [-0.1, -0.05) is 54.6 Å². The summed E-state index contributed by atoms with van der Waals surface area (Å²) < 4.78 is 10.8. The molecule has 7 heteroatoms. The van der Waals surface area contributed by atoms with Crippen molar-refractivity contribution in [3.8, 4) is 22.8 Å². The van der Waals surface area contributed by atoms with Crippen molar-refractivity contribution in [1.29, 1.82) is 0 Å². The summed E-state index contributed by atoms with van der Waals surface area (Å²) in [6.45, 7) is 2.99. The number of hydrogen-bond acceptors (Lipinski definition) is 5. The molecule has 5 rings (SSSR count). The van der Waals surface area contributed by atoms with Crippen LogP contribution < -0.4 is 25.5 Å². The summed E-state index contributed by atoms with van der Waals surface area (Å²) in [6.07, 6.45) is 1.88. The third kappa shape index (κ3) is 6.53. The van der Waals surface area contributed by atoms with E-state index in [-0.39, 0.29) is 17.4 Å². The number of carbonyl (C=O) groups is 1. The normalized spacial score (nSPS) is 11.7. The van der Waals surface area contributed by atoms with Gasteiger partial charge < -0.3 is 25.1 Å². The predicted octanol–water partition coefficient (Wildman–Crippen LogP) is 6.75. The molecule has 0 spiro atoms. The maximum Gasteiger partial charge on any atom is 0.257 e. The zero-order chi connectivity index (χ0) is 29.5. The highest BCUT2D eigenvalue weighted by atomic mass is 16.5. The molecule has 0 aliphatic rings. The van der Waals surface area contributed by atoms with E-state index in [0.717, 1.165) is 42.0 Å². The quantitative estimate of drug-likeness (QED) is 0.155. The molecule has 5 aromatic rings. The second kappa shape index (κ2) is 13.2. The Bertz CT molecular complexity index is 1730. The smallest absolute Gasteiger partial charge is 0.257 e. The fourth-order valence-corrected chi connectivity index (χ4v) is 5.04. The standard InChI is InChI=1S/C35H35N3O4/c1-23(26-16-19-32(41-2)33(21-26)42-3)36-20-8-9-24-14-17-27(18-15-24)37-35(40)29-13-7-12-28-31(39)22-30(38-34(28)29)25-10-5-4-6-11-25/h4-7,10-19,21-23,36H,8-9,20H2,1-3H3,(H,37,40)(H,38,39). The fourth-order valence-electron chi connectivity index (χ4n) is 5.04. The highest BCUT2D eigenvalue weighted by Gasteiger charge is 2.14. The number of amides is 1. The van der Waals surface area contributed by atoms with Crippen LogP contribution in [0.5, 0.6) is 11.5 Å². The number of anilines is 1. The molecule has 1 unspecified atom stereocenters.